The van der Waals surface area contributed by atoms with Gasteiger partial charge < -0.3 is 15.7 Å². The maximum atomic E-state index is 11.7. The van der Waals surface area contributed by atoms with Crippen molar-refractivity contribution in [3.05, 3.63) is 0 Å². The Kier molecular flexibility index (Phi) is 6.65. The summed E-state index contributed by atoms with van der Waals surface area (Å²) < 4.78 is 0. The van der Waals surface area contributed by atoms with Crippen molar-refractivity contribution < 1.29 is 9.90 Å². The summed E-state index contributed by atoms with van der Waals surface area (Å²) >= 11 is 0. The number of hydrogen-bond donors (Lipinski definition) is 3. The van der Waals surface area contributed by atoms with E-state index in [0.29, 0.717) is 6.54 Å². The second-order valence-corrected chi connectivity index (χ2v) is 5.53. The quantitative estimate of drug-likeness (QED) is 0.606. The van der Waals surface area contributed by atoms with E-state index in [4.69, 9.17) is 0 Å². The van der Waals surface area contributed by atoms with Crippen molar-refractivity contribution in [1.82, 2.24) is 10.6 Å². The number of nitrogens with one attached hydrogen (secondary N) is 2. The number of carbonyl (C=O) groups is 1. The Balaban J connectivity index is 2.22. The molecule has 1 amide bonds. The molecule has 106 valence electrons. The summed E-state index contributed by atoms with van der Waals surface area (Å²) in [6, 6.07) is -0.229. The van der Waals surface area contributed by atoms with Gasteiger partial charge in [0.05, 0.1) is 11.6 Å². The van der Waals surface area contributed by atoms with Crippen LogP contribution in [-0.2, 0) is 4.79 Å². The summed E-state index contributed by atoms with van der Waals surface area (Å²) in [7, 11) is 0. The van der Waals surface area contributed by atoms with Gasteiger partial charge >= 0.3 is 0 Å². The van der Waals surface area contributed by atoms with Crippen molar-refractivity contribution >= 4 is 5.91 Å². The van der Waals surface area contributed by atoms with Crippen LogP contribution in [0.5, 0.6) is 0 Å². The van der Waals surface area contributed by atoms with Crippen molar-refractivity contribution in [2.24, 2.45) is 0 Å². The minimum absolute atomic E-state index is 0.0304. The Hall–Kier alpha value is -0.610. The van der Waals surface area contributed by atoms with E-state index in [1.54, 1.807) is 0 Å². The number of rotatable bonds is 7. The molecule has 1 atom stereocenters. The molecule has 0 radical (unpaired) electrons. The molecular weight excluding hydrogens is 228 g/mol. The normalized spacial score (nSPS) is 20.4. The van der Waals surface area contributed by atoms with Crippen molar-refractivity contribution in [3.8, 4) is 0 Å². The molecule has 0 bridgehead atoms. The van der Waals surface area contributed by atoms with Crippen LogP contribution in [0.25, 0.3) is 0 Å². The van der Waals surface area contributed by atoms with Gasteiger partial charge in [0, 0.05) is 13.1 Å². The fraction of sp³-hybridized carbons (Fsp3) is 0.929. The molecule has 1 rings (SSSR count). The van der Waals surface area contributed by atoms with Crippen LogP contribution in [0.2, 0.25) is 0 Å². The second-order valence-electron chi connectivity index (χ2n) is 5.53. The van der Waals surface area contributed by atoms with Gasteiger partial charge in [-0.1, -0.05) is 32.6 Å². The molecule has 0 aromatic heterocycles. The molecule has 18 heavy (non-hydrogen) atoms. The third-order valence-electron chi connectivity index (χ3n) is 3.74. The lowest BCUT2D eigenvalue weighted by Crippen LogP contribution is -2.49. The molecule has 1 aliphatic carbocycles. The molecule has 3 N–H and O–H groups in total. The molecule has 0 spiro atoms. The van der Waals surface area contributed by atoms with E-state index in [0.717, 1.165) is 45.1 Å². The molecule has 0 aromatic rings. The summed E-state index contributed by atoms with van der Waals surface area (Å²) in [5, 5.41) is 16.4. The first kappa shape index (κ1) is 15.4. The largest absolute Gasteiger partial charge is 0.389 e. The summed E-state index contributed by atoms with van der Waals surface area (Å²) in [6.45, 7) is 5.22. The van der Waals surface area contributed by atoms with Crippen LogP contribution in [0.4, 0.5) is 0 Å². The highest BCUT2D eigenvalue weighted by Crippen LogP contribution is 2.27. The predicted octanol–water partition coefficient (Wildman–Crippen LogP) is 1.58. The number of amides is 1. The first-order valence-electron chi connectivity index (χ1n) is 7.31. The number of hydrogen-bond acceptors (Lipinski definition) is 3. The van der Waals surface area contributed by atoms with Crippen LogP contribution in [0.3, 0.4) is 0 Å². The molecule has 4 nitrogen and oxygen atoms in total. The monoisotopic (exact) mass is 256 g/mol. The first-order chi connectivity index (χ1) is 8.57. The lowest BCUT2D eigenvalue weighted by atomic mass is 9.85. The van der Waals surface area contributed by atoms with E-state index in [2.05, 4.69) is 17.6 Å². The van der Waals surface area contributed by atoms with Crippen LogP contribution in [0.15, 0.2) is 0 Å². The number of carbonyl (C=O) groups excluding carboxylic acids is 1. The fourth-order valence-corrected chi connectivity index (χ4v) is 2.36. The van der Waals surface area contributed by atoms with Crippen molar-refractivity contribution in [2.75, 3.05) is 13.1 Å². The maximum Gasteiger partial charge on any atom is 0.236 e. The zero-order valence-electron chi connectivity index (χ0n) is 11.8. The molecule has 1 aliphatic rings. The molecule has 1 unspecified atom stereocenters. The molecular formula is C14H28N2O2. The van der Waals surface area contributed by atoms with Crippen molar-refractivity contribution in [3.63, 3.8) is 0 Å². The lowest BCUT2D eigenvalue weighted by Gasteiger charge is -2.33. The van der Waals surface area contributed by atoms with Crippen molar-refractivity contribution in [1.29, 1.82) is 0 Å². The molecule has 0 saturated heterocycles. The average molecular weight is 256 g/mol. The van der Waals surface area contributed by atoms with Crippen LogP contribution in [0.1, 0.15) is 58.8 Å². The minimum Gasteiger partial charge on any atom is -0.389 e. The topological polar surface area (TPSA) is 61.4 Å². The van der Waals surface area contributed by atoms with E-state index in [-0.39, 0.29) is 11.9 Å². The van der Waals surface area contributed by atoms with Gasteiger partial charge in [0.1, 0.15) is 0 Å². The van der Waals surface area contributed by atoms with Gasteiger partial charge in [-0.2, -0.15) is 0 Å². The molecule has 1 saturated carbocycles. The molecule has 1 fully saturated rings. The molecule has 0 aromatic carbocycles. The van der Waals surface area contributed by atoms with Gasteiger partial charge in [0.15, 0.2) is 0 Å². The second kappa shape index (κ2) is 7.74. The summed E-state index contributed by atoms with van der Waals surface area (Å²) in [6.07, 6.45) is 7.21. The third kappa shape index (κ3) is 5.36. The predicted molar refractivity (Wildman–Crippen MR) is 73.4 cm³/mol. The summed E-state index contributed by atoms with van der Waals surface area (Å²) in [5.41, 5.74) is -0.601. The number of aliphatic hydroxyl groups is 1. The average Bonchev–Trinajstić information content (AvgIpc) is 2.37. The lowest BCUT2D eigenvalue weighted by molar-refractivity contribution is -0.123. The van der Waals surface area contributed by atoms with E-state index in [1.165, 1.54) is 6.42 Å². The van der Waals surface area contributed by atoms with E-state index >= 15 is 0 Å². The van der Waals surface area contributed by atoms with Crippen LogP contribution >= 0.6 is 0 Å². The Bertz CT molecular complexity index is 250. The van der Waals surface area contributed by atoms with Gasteiger partial charge in [0.25, 0.3) is 0 Å². The Morgan fingerprint density at radius 1 is 1.33 bits per heavy atom. The molecule has 0 heterocycles. The SMILES string of the molecule is CCCCNC(=O)C(C)NCC1(O)CCCCC1. The van der Waals surface area contributed by atoms with Gasteiger partial charge in [-0.15, -0.1) is 0 Å². The van der Waals surface area contributed by atoms with Gasteiger partial charge in [-0.05, 0) is 26.2 Å². The Morgan fingerprint density at radius 2 is 2.00 bits per heavy atom. The Morgan fingerprint density at radius 3 is 2.61 bits per heavy atom. The smallest absolute Gasteiger partial charge is 0.236 e. The fourth-order valence-electron chi connectivity index (χ4n) is 2.36. The third-order valence-corrected chi connectivity index (χ3v) is 3.74. The highest BCUT2D eigenvalue weighted by atomic mass is 16.3. The highest BCUT2D eigenvalue weighted by molar-refractivity contribution is 5.81. The summed E-state index contributed by atoms with van der Waals surface area (Å²) in [4.78, 5) is 11.7. The van der Waals surface area contributed by atoms with Crippen LogP contribution in [0, 0.1) is 0 Å². The van der Waals surface area contributed by atoms with Crippen LogP contribution in [-0.4, -0.2) is 35.7 Å². The molecule has 0 aliphatic heterocycles. The van der Waals surface area contributed by atoms with E-state index in [9.17, 15) is 9.90 Å². The van der Waals surface area contributed by atoms with Crippen molar-refractivity contribution in [2.45, 2.75) is 70.4 Å². The zero-order valence-corrected chi connectivity index (χ0v) is 11.8. The van der Waals surface area contributed by atoms with Crippen LogP contribution < -0.4 is 10.6 Å². The maximum absolute atomic E-state index is 11.7. The minimum atomic E-state index is -0.601. The highest BCUT2D eigenvalue weighted by Gasteiger charge is 2.29. The molecule has 4 heteroatoms. The summed E-state index contributed by atoms with van der Waals surface area (Å²) in [5.74, 6) is 0.0304. The first-order valence-corrected chi connectivity index (χ1v) is 7.31. The number of unbranched alkanes of at least 4 members (excludes halogenated alkanes) is 1. The zero-order chi connectivity index (χ0) is 13.4. The van der Waals surface area contributed by atoms with E-state index < -0.39 is 5.60 Å². The van der Waals surface area contributed by atoms with Gasteiger partial charge in [-0.25, -0.2) is 0 Å². The Labute approximate surface area is 111 Å². The van der Waals surface area contributed by atoms with E-state index in [1.807, 2.05) is 6.92 Å². The van der Waals surface area contributed by atoms with Gasteiger partial charge in [-0.3, -0.25) is 4.79 Å². The van der Waals surface area contributed by atoms with Gasteiger partial charge in [0.2, 0.25) is 5.91 Å². The standard InChI is InChI=1S/C14H28N2O2/c1-3-4-10-15-13(17)12(2)16-11-14(18)8-6-5-7-9-14/h12,16,18H,3-11H2,1-2H3,(H,15,17).